The molecule has 0 radical (unpaired) electrons. The maximum absolute atomic E-state index is 15.3. The van der Waals surface area contributed by atoms with E-state index in [1.807, 2.05) is 50.2 Å². The molecule has 3 aromatic rings. The average Bonchev–Trinajstić information content (AvgIpc) is 3.66. The number of hydrogen-bond donors (Lipinski definition) is 0. The van der Waals surface area contributed by atoms with E-state index >= 15 is 4.39 Å². The molecule has 2 aliphatic heterocycles. The Labute approximate surface area is 251 Å². The van der Waals surface area contributed by atoms with Crippen molar-refractivity contribution < 1.29 is 36.6 Å². The van der Waals surface area contributed by atoms with E-state index in [4.69, 9.17) is 18.9 Å². The Balaban J connectivity index is 1.19. The van der Waals surface area contributed by atoms with Gasteiger partial charge in [0.1, 0.15) is 35.8 Å². The highest BCUT2D eigenvalue weighted by atomic mass is 32.2. The van der Waals surface area contributed by atoms with Crippen molar-refractivity contribution >= 4 is 16.0 Å². The molecule has 43 heavy (non-hydrogen) atoms. The minimum absolute atomic E-state index is 0.0619. The lowest BCUT2D eigenvalue weighted by atomic mass is 9.90. The van der Waals surface area contributed by atoms with Crippen LogP contribution in [0.3, 0.4) is 0 Å². The van der Waals surface area contributed by atoms with Gasteiger partial charge in [0.2, 0.25) is 10.0 Å². The average molecular weight is 610 g/mol. The number of carbonyl (C=O) groups excluding carboxylic acids is 1. The van der Waals surface area contributed by atoms with Crippen molar-refractivity contribution in [2.75, 3.05) is 39.2 Å². The Morgan fingerprint density at radius 1 is 1.09 bits per heavy atom. The van der Waals surface area contributed by atoms with Crippen LogP contribution in [0.4, 0.5) is 4.39 Å². The molecule has 0 aromatic heterocycles. The largest absolute Gasteiger partial charge is 0.492 e. The first-order chi connectivity index (χ1) is 20.6. The molecule has 0 amide bonds. The summed E-state index contributed by atoms with van der Waals surface area (Å²) in [4.78, 5) is 11.8. The summed E-state index contributed by atoms with van der Waals surface area (Å²) in [5, 5.41) is 0. The van der Waals surface area contributed by atoms with Crippen molar-refractivity contribution in [3.63, 3.8) is 0 Å². The third-order valence-electron chi connectivity index (χ3n) is 8.65. The number of sulfonamides is 1. The summed E-state index contributed by atoms with van der Waals surface area (Å²) in [6.45, 7) is 5.58. The molecule has 1 saturated heterocycles. The molecule has 3 aromatic carbocycles. The molecule has 0 N–H and O–H groups in total. The van der Waals surface area contributed by atoms with Crippen molar-refractivity contribution in [1.82, 2.24) is 4.31 Å². The number of benzene rings is 3. The molecule has 3 aliphatic rings. The lowest BCUT2D eigenvalue weighted by Crippen LogP contribution is -2.30. The normalized spacial score (nSPS) is 20.4. The van der Waals surface area contributed by atoms with Crippen LogP contribution >= 0.6 is 0 Å². The quantitative estimate of drug-likeness (QED) is 0.291. The van der Waals surface area contributed by atoms with E-state index in [0.29, 0.717) is 61.8 Å². The molecule has 10 heteroatoms. The predicted octanol–water partition coefficient (Wildman–Crippen LogP) is 5.63. The smallest absolute Gasteiger partial charge is 0.306 e. The fourth-order valence-electron chi connectivity index (χ4n) is 6.61. The number of ether oxygens (including phenoxy) is 4. The van der Waals surface area contributed by atoms with Crippen LogP contribution in [0.5, 0.6) is 17.2 Å². The van der Waals surface area contributed by atoms with Crippen LogP contribution in [-0.2, 0) is 26.0 Å². The molecular weight excluding hydrogens is 573 g/mol. The van der Waals surface area contributed by atoms with Gasteiger partial charge in [0.15, 0.2) is 0 Å². The first-order valence-electron chi connectivity index (χ1n) is 14.7. The molecular formula is C33H36FNO7S. The summed E-state index contributed by atoms with van der Waals surface area (Å²) in [7, 11) is -1.78. The van der Waals surface area contributed by atoms with Gasteiger partial charge in [-0.3, -0.25) is 4.79 Å². The number of halogens is 1. The number of carbonyl (C=O) groups is 1. The van der Waals surface area contributed by atoms with Gasteiger partial charge in [0, 0.05) is 36.2 Å². The van der Waals surface area contributed by atoms with E-state index < -0.39 is 16.1 Å². The highest BCUT2D eigenvalue weighted by molar-refractivity contribution is 7.89. The van der Waals surface area contributed by atoms with Gasteiger partial charge in [0.05, 0.1) is 25.9 Å². The number of aryl methyl sites for hydroxylation is 2. The highest BCUT2D eigenvalue weighted by Gasteiger charge is 2.33. The van der Waals surface area contributed by atoms with E-state index in [9.17, 15) is 13.2 Å². The van der Waals surface area contributed by atoms with Gasteiger partial charge < -0.3 is 18.9 Å². The minimum atomic E-state index is -3.15. The standard InChI is InChI=1S/C33H36FNO7S/c1-20-15-24(40-13-12-35-11-4-14-43(35,37)38)16-21(2)32(20)26-7-9-28(34)33-27(26)8-10-29(33)42-23-5-6-25-22(17-31(36)39-3)19-41-30(25)18-23/h5-7,9,15-16,18,22,29H,4,8,10-14,17,19H2,1-3H3/t22?,29-/m1/s1. The second-order valence-corrected chi connectivity index (χ2v) is 13.6. The van der Waals surface area contributed by atoms with E-state index in [0.717, 1.165) is 33.4 Å². The van der Waals surface area contributed by atoms with Gasteiger partial charge in [-0.05, 0) is 85.2 Å². The molecule has 1 unspecified atom stereocenters. The number of fused-ring (bicyclic) bond motifs is 2. The zero-order valence-corrected chi connectivity index (χ0v) is 25.5. The zero-order valence-electron chi connectivity index (χ0n) is 24.7. The molecule has 228 valence electrons. The van der Waals surface area contributed by atoms with Crippen molar-refractivity contribution in [2.24, 2.45) is 0 Å². The molecule has 0 saturated carbocycles. The van der Waals surface area contributed by atoms with Gasteiger partial charge in [-0.1, -0.05) is 12.1 Å². The molecule has 2 atom stereocenters. The Bertz CT molecular complexity index is 1650. The lowest BCUT2D eigenvalue weighted by Gasteiger charge is -2.19. The fourth-order valence-corrected chi connectivity index (χ4v) is 8.13. The van der Waals surface area contributed by atoms with E-state index in [-0.39, 0.29) is 36.5 Å². The Morgan fingerprint density at radius 3 is 2.60 bits per heavy atom. The Morgan fingerprint density at radius 2 is 1.88 bits per heavy atom. The maximum Gasteiger partial charge on any atom is 0.306 e. The van der Waals surface area contributed by atoms with E-state index in [1.54, 1.807) is 0 Å². The van der Waals surface area contributed by atoms with Crippen LogP contribution in [0.2, 0.25) is 0 Å². The van der Waals surface area contributed by atoms with Gasteiger partial charge in [0.25, 0.3) is 0 Å². The van der Waals surface area contributed by atoms with Crippen LogP contribution in [0.1, 0.15) is 59.1 Å². The zero-order chi connectivity index (χ0) is 30.3. The monoisotopic (exact) mass is 609 g/mol. The summed E-state index contributed by atoms with van der Waals surface area (Å²) >= 11 is 0. The maximum atomic E-state index is 15.3. The Kier molecular flexibility index (Phi) is 8.08. The number of methoxy groups -OCH3 is 1. The minimum Gasteiger partial charge on any atom is -0.492 e. The van der Waals surface area contributed by atoms with E-state index in [1.165, 1.54) is 17.5 Å². The summed E-state index contributed by atoms with van der Waals surface area (Å²) in [5.74, 6) is 1.53. The van der Waals surface area contributed by atoms with Crippen molar-refractivity contribution in [3.8, 4) is 28.4 Å². The van der Waals surface area contributed by atoms with Gasteiger partial charge in [-0.2, -0.15) is 4.31 Å². The molecule has 0 spiro atoms. The number of esters is 1. The van der Waals surface area contributed by atoms with Gasteiger partial charge in [-0.15, -0.1) is 0 Å². The number of hydrogen-bond acceptors (Lipinski definition) is 7. The molecule has 6 rings (SSSR count). The first kappa shape index (κ1) is 29.4. The Hall–Kier alpha value is -3.63. The SMILES string of the molecule is COC(=O)CC1COc2cc(O[C@@H]3CCc4c(-c5c(C)cc(OCCN6CCCS6(=O)=O)cc5C)ccc(F)c43)ccc21. The second-order valence-electron chi connectivity index (χ2n) is 11.5. The van der Waals surface area contributed by atoms with Crippen molar-refractivity contribution in [1.29, 1.82) is 0 Å². The molecule has 0 bridgehead atoms. The fraction of sp³-hybridized carbons (Fsp3) is 0.424. The molecule has 1 aliphatic carbocycles. The van der Waals surface area contributed by atoms with Crippen LogP contribution in [0, 0.1) is 19.7 Å². The van der Waals surface area contributed by atoms with Gasteiger partial charge in [-0.25, -0.2) is 12.8 Å². The summed E-state index contributed by atoms with van der Waals surface area (Å²) in [5.41, 5.74) is 6.48. The van der Waals surface area contributed by atoms with Crippen LogP contribution in [-0.4, -0.2) is 57.9 Å². The van der Waals surface area contributed by atoms with Crippen molar-refractivity contribution in [3.05, 3.63) is 76.1 Å². The summed E-state index contributed by atoms with van der Waals surface area (Å²) in [6.07, 6.45) is 1.79. The van der Waals surface area contributed by atoms with E-state index in [2.05, 4.69) is 0 Å². The van der Waals surface area contributed by atoms with Gasteiger partial charge >= 0.3 is 5.97 Å². The highest BCUT2D eigenvalue weighted by Crippen LogP contribution is 2.45. The molecule has 1 fully saturated rings. The topological polar surface area (TPSA) is 91.4 Å². The van der Waals surface area contributed by atoms with Crippen molar-refractivity contribution in [2.45, 2.75) is 51.6 Å². The first-order valence-corrected chi connectivity index (χ1v) is 16.3. The summed E-state index contributed by atoms with van der Waals surface area (Å²) < 4.78 is 63.9. The summed E-state index contributed by atoms with van der Waals surface area (Å²) in [6, 6.07) is 12.8. The predicted molar refractivity (Wildman–Crippen MR) is 160 cm³/mol. The lowest BCUT2D eigenvalue weighted by molar-refractivity contribution is -0.141. The van der Waals surface area contributed by atoms with Crippen LogP contribution < -0.4 is 14.2 Å². The van der Waals surface area contributed by atoms with Crippen LogP contribution in [0.15, 0.2) is 42.5 Å². The second kappa shape index (κ2) is 11.8. The third-order valence-corrected chi connectivity index (χ3v) is 10.6. The number of rotatable bonds is 9. The van der Waals surface area contributed by atoms with Crippen LogP contribution in [0.25, 0.3) is 11.1 Å². The third kappa shape index (κ3) is 5.82. The number of nitrogens with zero attached hydrogens (tertiary/aromatic N) is 1. The molecule has 8 nitrogen and oxygen atoms in total. The molecule has 2 heterocycles.